The van der Waals surface area contributed by atoms with Crippen LogP contribution in [0.2, 0.25) is 0 Å². The molecule has 0 aliphatic carbocycles. The van der Waals surface area contributed by atoms with Crippen molar-refractivity contribution in [1.29, 1.82) is 0 Å². The van der Waals surface area contributed by atoms with Gasteiger partial charge in [-0.05, 0) is 38.5 Å². The zero-order valence-electron chi connectivity index (χ0n) is 13.2. The van der Waals surface area contributed by atoms with Crippen LogP contribution in [0.25, 0.3) is 0 Å². The van der Waals surface area contributed by atoms with Crippen LogP contribution in [0, 0.1) is 0 Å². The predicted molar refractivity (Wildman–Crippen MR) is 79.9 cm³/mol. The lowest BCUT2D eigenvalue weighted by Gasteiger charge is -2.22. The molecule has 1 rings (SSSR count). The van der Waals surface area contributed by atoms with Crippen LogP contribution in [0.3, 0.4) is 0 Å². The van der Waals surface area contributed by atoms with Crippen molar-refractivity contribution < 1.29 is 29.6 Å². The summed E-state index contributed by atoms with van der Waals surface area (Å²) in [5.41, 5.74) is -0.286. The van der Waals surface area contributed by atoms with E-state index in [2.05, 4.69) is 5.32 Å². The molecule has 0 fully saturated rings. The Labute approximate surface area is 129 Å². The van der Waals surface area contributed by atoms with E-state index in [0.717, 1.165) is 0 Å². The summed E-state index contributed by atoms with van der Waals surface area (Å²) in [4.78, 5) is 11.5. The number of carbonyl (C=O) groups excluding carboxylic acids is 1. The number of carbonyl (C=O) groups is 1. The monoisotopic (exact) mass is 313 g/mol. The van der Waals surface area contributed by atoms with Gasteiger partial charge in [0.2, 0.25) is 0 Å². The van der Waals surface area contributed by atoms with Crippen LogP contribution in [-0.2, 0) is 4.74 Å². The molecule has 0 aliphatic heterocycles. The maximum atomic E-state index is 11.5. The number of ether oxygens (including phenoxy) is 2. The Hall–Kier alpha value is -1.99. The number of phenols is 1. The Bertz CT molecular complexity index is 511. The molecule has 0 bridgehead atoms. The minimum atomic E-state index is -1.25. The highest BCUT2D eigenvalue weighted by molar-refractivity contribution is 5.67. The summed E-state index contributed by atoms with van der Waals surface area (Å²) in [5.74, 6) is 0.115. The minimum Gasteiger partial charge on any atom is -0.504 e. The van der Waals surface area contributed by atoms with Crippen LogP contribution in [0.15, 0.2) is 18.2 Å². The maximum Gasteiger partial charge on any atom is 0.407 e. The van der Waals surface area contributed by atoms with E-state index >= 15 is 0 Å². The number of aliphatic hydroxyl groups excluding tert-OH is 2. The molecule has 0 saturated heterocycles. The van der Waals surface area contributed by atoms with Crippen molar-refractivity contribution in [2.45, 2.75) is 38.6 Å². The number of hydrogen-bond donors (Lipinski definition) is 4. The first-order valence-corrected chi connectivity index (χ1v) is 6.84. The number of phenolic OH excluding ortho intramolecular Hbond substituents is 1. The highest BCUT2D eigenvalue weighted by atomic mass is 16.6. The van der Waals surface area contributed by atoms with Crippen molar-refractivity contribution in [3.8, 4) is 11.5 Å². The van der Waals surface area contributed by atoms with Gasteiger partial charge in [0.1, 0.15) is 17.8 Å². The van der Waals surface area contributed by atoms with Gasteiger partial charge in [0.25, 0.3) is 0 Å². The molecule has 0 spiro atoms. The van der Waals surface area contributed by atoms with Gasteiger partial charge in [-0.15, -0.1) is 0 Å². The molecule has 22 heavy (non-hydrogen) atoms. The van der Waals surface area contributed by atoms with Gasteiger partial charge < -0.3 is 30.1 Å². The number of rotatable bonds is 5. The average molecular weight is 313 g/mol. The second-order valence-corrected chi connectivity index (χ2v) is 5.83. The summed E-state index contributed by atoms with van der Waals surface area (Å²) >= 11 is 0. The van der Waals surface area contributed by atoms with Crippen LogP contribution in [0.4, 0.5) is 4.79 Å². The molecule has 0 saturated carbocycles. The first kappa shape index (κ1) is 18.1. The van der Waals surface area contributed by atoms with Crippen LogP contribution >= 0.6 is 0 Å². The van der Waals surface area contributed by atoms with E-state index < -0.39 is 23.9 Å². The third-order valence-corrected chi connectivity index (χ3v) is 2.76. The molecule has 0 radical (unpaired) electrons. The Balaban J connectivity index is 2.62. The first-order valence-electron chi connectivity index (χ1n) is 6.84. The summed E-state index contributed by atoms with van der Waals surface area (Å²) in [7, 11) is 1.38. The number of benzene rings is 1. The highest BCUT2D eigenvalue weighted by Gasteiger charge is 2.22. The normalized spacial score (nSPS) is 14.1. The molecule has 124 valence electrons. The number of aromatic hydroxyl groups is 1. The van der Waals surface area contributed by atoms with Crippen LogP contribution in [0.5, 0.6) is 11.5 Å². The van der Waals surface area contributed by atoms with Crippen molar-refractivity contribution in [3.63, 3.8) is 0 Å². The number of alkyl carbamates (subject to hydrolysis) is 1. The highest BCUT2D eigenvalue weighted by Crippen LogP contribution is 2.29. The van der Waals surface area contributed by atoms with E-state index in [1.165, 1.54) is 25.3 Å². The SMILES string of the molecule is COc1cc(C(O)C(O)CNC(=O)OC(C)(C)C)ccc1O. The molecule has 4 N–H and O–H groups in total. The van der Waals surface area contributed by atoms with Gasteiger partial charge in [-0.2, -0.15) is 0 Å². The van der Waals surface area contributed by atoms with Gasteiger partial charge in [0.05, 0.1) is 7.11 Å². The van der Waals surface area contributed by atoms with E-state index in [4.69, 9.17) is 9.47 Å². The van der Waals surface area contributed by atoms with Crippen molar-refractivity contribution in [2.24, 2.45) is 0 Å². The fourth-order valence-corrected chi connectivity index (χ4v) is 1.71. The largest absolute Gasteiger partial charge is 0.504 e. The smallest absolute Gasteiger partial charge is 0.407 e. The Morgan fingerprint density at radius 2 is 1.95 bits per heavy atom. The number of nitrogens with one attached hydrogen (secondary N) is 1. The third kappa shape index (κ3) is 5.42. The predicted octanol–water partition coefficient (Wildman–Crippen LogP) is 1.32. The van der Waals surface area contributed by atoms with Gasteiger partial charge in [0, 0.05) is 6.54 Å². The van der Waals surface area contributed by atoms with Crippen LogP contribution < -0.4 is 10.1 Å². The molecule has 7 heteroatoms. The second kappa shape index (κ2) is 7.33. The van der Waals surface area contributed by atoms with E-state index in [-0.39, 0.29) is 18.0 Å². The Morgan fingerprint density at radius 1 is 1.32 bits per heavy atom. The summed E-state index contributed by atoms with van der Waals surface area (Å²) in [5, 5.41) is 31.9. The summed E-state index contributed by atoms with van der Waals surface area (Å²) in [6.07, 6.45) is -3.16. The molecule has 1 aromatic carbocycles. The Morgan fingerprint density at radius 3 is 2.50 bits per heavy atom. The number of methoxy groups -OCH3 is 1. The van der Waals surface area contributed by atoms with Crippen molar-refractivity contribution in [1.82, 2.24) is 5.32 Å². The minimum absolute atomic E-state index is 0.0696. The topological polar surface area (TPSA) is 108 Å². The summed E-state index contributed by atoms with van der Waals surface area (Å²) in [6, 6.07) is 4.22. The fraction of sp³-hybridized carbons (Fsp3) is 0.533. The number of hydrogen-bond acceptors (Lipinski definition) is 6. The summed E-state index contributed by atoms with van der Waals surface area (Å²) < 4.78 is 9.97. The molecule has 2 atom stereocenters. The molecular formula is C15H23NO6. The number of aliphatic hydroxyl groups is 2. The lowest BCUT2D eigenvalue weighted by Crippen LogP contribution is -2.38. The zero-order chi connectivity index (χ0) is 16.9. The van der Waals surface area contributed by atoms with Gasteiger partial charge in [-0.1, -0.05) is 6.07 Å². The van der Waals surface area contributed by atoms with E-state index in [1.54, 1.807) is 20.8 Å². The lowest BCUT2D eigenvalue weighted by molar-refractivity contribution is 0.0128. The van der Waals surface area contributed by atoms with Gasteiger partial charge in [-0.25, -0.2) is 4.79 Å². The number of amides is 1. The van der Waals surface area contributed by atoms with E-state index in [9.17, 15) is 20.1 Å². The van der Waals surface area contributed by atoms with Crippen LogP contribution in [0.1, 0.15) is 32.4 Å². The zero-order valence-corrected chi connectivity index (χ0v) is 13.2. The molecule has 7 nitrogen and oxygen atoms in total. The molecule has 0 aromatic heterocycles. The van der Waals surface area contributed by atoms with E-state index in [0.29, 0.717) is 5.56 Å². The average Bonchev–Trinajstić information content (AvgIpc) is 2.42. The quantitative estimate of drug-likeness (QED) is 0.653. The molecule has 0 aliphatic rings. The lowest BCUT2D eigenvalue weighted by atomic mass is 10.0. The fourth-order valence-electron chi connectivity index (χ4n) is 1.71. The van der Waals surface area contributed by atoms with Crippen molar-refractivity contribution >= 4 is 6.09 Å². The molecule has 2 unspecified atom stereocenters. The molecule has 0 heterocycles. The second-order valence-electron chi connectivity index (χ2n) is 5.83. The molecular weight excluding hydrogens is 290 g/mol. The third-order valence-electron chi connectivity index (χ3n) is 2.76. The standard InChI is InChI=1S/C15H23NO6/c1-15(2,3)22-14(20)16-8-11(18)13(19)9-5-6-10(17)12(7-9)21-4/h5-7,11,13,17-19H,8H2,1-4H3,(H,16,20). The van der Waals surface area contributed by atoms with Gasteiger partial charge in [0.15, 0.2) is 11.5 Å². The van der Waals surface area contributed by atoms with Crippen molar-refractivity contribution in [2.75, 3.05) is 13.7 Å². The molecule has 1 aromatic rings. The van der Waals surface area contributed by atoms with Gasteiger partial charge in [-0.3, -0.25) is 0 Å². The maximum absolute atomic E-state index is 11.5. The van der Waals surface area contributed by atoms with Gasteiger partial charge >= 0.3 is 6.09 Å². The Kier molecular flexibility index (Phi) is 6.01. The van der Waals surface area contributed by atoms with E-state index in [1.807, 2.05) is 0 Å². The van der Waals surface area contributed by atoms with Crippen LogP contribution in [-0.4, -0.2) is 46.8 Å². The molecule has 1 amide bonds. The van der Waals surface area contributed by atoms with Crippen molar-refractivity contribution in [3.05, 3.63) is 23.8 Å². The summed E-state index contributed by atoms with van der Waals surface area (Å²) in [6.45, 7) is 4.99. The first-order chi connectivity index (χ1) is 10.1.